The molecular weight excluding hydrogens is 228 g/mol. The summed E-state index contributed by atoms with van der Waals surface area (Å²) in [5.41, 5.74) is 0. The quantitative estimate of drug-likeness (QED) is 0.810. The van der Waals surface area contributed by atoms with Crippen LogP contribution in [0, 0.1) is 11.8 Å². The first-order chi connectivity index (χ1) is 8.56. The molecule has 1 saturated heterocycles. The fraction of sp³-hybridized carbons (Fsp3) is 0.857. The molecule has 2 aliphatic rings. The van der Waals surface area contributed by atoms with Crippen molar-refractivity contribution >= 4 is 11.8 Å². The van der Waals surface area contributed by atoms with E-state index in [0.29, 0.717) is 12.6 Å². The number of amides is 2. The predicted octanol–water partition coefficient (Wildman–Crippen LogP) is 1.55. The lowest BCUT2D eigenvalue weighted by Gasteiger charge is -2.31. The maximum absolute atomic E-state index is 12.2. The largest absolute Gasteiger partial charge is 0.353 e. The molecule has 0 aromatic heterocycles. The third-order valence-corrected chi connectivity index (χ3v) is 4.28. The number of nitrogens with zero attached hydrogens (tertiary/aromatic N) is 1. The van der Waals surface area contributed by atoms with Gasteiger partial charge in [-0.1, -0.05) is 6.92 Å². The number of hydrogen-bond donors (Lipinski definition) is 1. The van der Waals surface area contributed by atoms with E-state index in [9.17, 15) is 9.59 Å². The Morgan fingerprint density at radius 3 is 2.61 bits per heavy atom. The van der Waals surface area contributed by atoms with Crippen molar-refractivity contribution in [1.29, 1.82) is 0 Å². The average Bonchev–Trinajstić information content (AvgIpc) is 2.75. The average molecular weight is 252 g/mol. The van der Waals surface area contributed by atoms with Crippen LogP contribution in [0.25, 0.3) is 0 Å². The van der Waals surface area contributed by atoms with E-state index in [-0.39, 0.29) is 17.7 Å². The predicted molar refractivity (Wildman–Crippen MR) is 69.9 cm³/mol. The van der Waals surface area contributed by atoms with E-state index in [2.05, 4.69) is 12.2 Å². The molecule has 2 rings (SSSR count). The summed E-state index contributed by atoms with van der Waals surface area (Å²) in [6.45, 7) is 5.23. The molecular formula is C14H24N2O2. The van der Waals surface area contributed by atoms with Crippen molar-refractivity contribution in [3.8, 4) is 0 Å². The van der Waals surface area contributed by atoms with Gasteiger partial charge in [0.1, 0.15) is 0 Å². The van der Waals surface area contributed by atoms with Gasteiger partial charge in [0, 0.05) is 26.1 Å². The van der Waals surface area contributed by atoms with Gasteiger partial charge in [0.15, 0.2) is 0 Å². The highest BCUT2D eigenvalue weighted by atomic mass is 16.2. The summed E-state index contributed by atoms with van der Waals surface area (Å²) in [5, 5.41) is 3.16. The van der Waals surface area contributed by atoms with Crippen molar-refractivity contribution < 1.29 is 9.59 Å². The summed E-state index contributed by atoms with van der Waals surface area (Å²) in [5.74, 6) is 0.968. The molecule has 102 valence electrons. The molecule has 2 fully saturated rings. The maximum atomic E-state index is 12.2. The van der Waals surface area contributed by atoms with Gasteiger partial charge in [0.05, 0.1) is 5.92 Å². The highest BCUT2D eigenvalue weighted by molar-refractivity contribution is 5.80. The van der Waals surface area contributed by atoms with Crippen LogP contribution in [0.2, 0.25) is 0 Å². The lowest BCUT2D eigenvalue weighted by Crippen LogP contribution is -2.46. The van der Waals surface area contributed by atoms with Crippen molar-refractivity contribution in [1.82, 2.24) is 10.2 Å². The van der Waals surface area contributed by atoms with E-state index in [1.807, 2.05) is 0 Å². The molecule has 3 unspecified atom stereocenters. The third-order valence-electron chi connectivity index (χ3n) is 4.28. The molecule has 0 bridgehead atoms. The fourth-order valence-electron chi connectivity index (χ4n) is 3.13. The standard InChI is InChI=1S/C14H24N2O2/c1-10-5-6-13(8-10)15-14(18)12-4-3-7-16(9-12)11(2)17/h10,12-13H,3-9H2,1-2H3,(H,15,18). The van der Waals surface area contributed by atoms with Gasteiger partial charge < -0.3 is 10.2 Å². The van der Waals surface area contributed by atoms with Gasteiger partial charge in [-0.25, -0.2) is 0 Å². The van der Waals surface area contributed by atoms with Crippen LogP contribution in [0.5, 0.6) is 0 Å². The Labute approximate surface area is 109 Å². The lowest BCUT2D eigenvalue weighted by molar-refractivity contribution is -0.134. The van der Waals surface area contributed by atoms with Gasteiger partial charge in [-0.15, -0.1) is 0 Å². The molecule has 1 aliphatic carbocycles. The molecule has 1 saturated carbocycles. The van der Waals surface area contributed by atoms with Crippen LogP contribution in [-0.2, 0) is 9.59 Å². The van der Waals surface area contributed by atoms with Gasteiger partial charge in [0.2, 0.25) is 11.8 Å². The van der Waals surface area contributed by atoms with E-state index >= 15 is 0 Å². The molecule has 1 N–H and O–H groups in total. The molecule has 0 spiro atoms. The number of rotatable bonds is 2. The monoisotopic (exact) mass is 252 g/mol. The zero-order chi connectivity index (χ0) is 13.1. The van der Waals surface area contributed by atoms with Gasteiger partial charge in [-0.2, -0.15) is 0 Å². The molecule has 2 amide bonds. The minimum absolute atomic E-state index is 0.00134. The van der Waals surface area contributed by atoms with Crippen LogP contribution in [0.1, 0.15) is 46.0 Å². The van der Waals surface area contributed by atoms with E-state index in [1.165, 1.54) is 6.42 Å². The number of carbonyl (C=O) groups excluding carboxylic acids is 2. The lowest BCUT2D eigenvalue weighted by atomic mass is 9.96. The number of nitrogens with one attached hydrogen (secondary N) is 1. The van der Waals surface area contributed by atoms with E-state index in [4.69, 9.17) is 0 Å². The summed E-state index contributed by atoms with van der Waals surface area (Å²) < 4.78 is 0. The fourth-order valence-corrected chi connectivity index (χ4v) is 3.13. The zero-order valence-electron chi connectivity index (χ0n) is 11.4. The molecule has 0 aromatic carbocycles. The maximum Gasteiger partial charge on any atom is 0.225 e. The van der Waals surface area contributed by atoms with Gasteiger partial charge in [0.25, 0.3) is 0 Å². The van der Waals surface area contributed by atoms with Crippen LogP contribution >= 0.6 is 0 Å². The van der Waals surface area contributed by atoms with E-state index in [0.717, 1.165) is 38.1 Å². The summed E-state index contributed by atoms with van der Waals surface area (Å²) in [7, 11) is 0. The third kappa shape index (κ3) is 3.24. The van der Waals surface area contributed by atoms with Crippen LogP contribution in [-0.4, -0.2) is 35.8 Å². The molecule has 0 radical (unpaired) electrons. The van der Waals surface area contributed by atoms with Crippen molar-refractivity contribution in [2.24, 2.45) is 11.8 Å². The first kappa shape index (κ1) is 13.4. The Morgan fingerprint density at radius 2 is 2.00 bits per heavy atom. The molecule has 0 aromatic rings. The minimum atomic E-state index is -0.00134. The number of piperidine rings is 1. The van der Waals surface area contributed by atoms with Gasteiger partial charge >= 0.3 is 0 Å². The summed E-state index contributed by atoms with van der Waals surface area (Å²) >= 11 is 0. The van der Waals surface area contributed by atoms with Crippen LogP contribution < -0.4 is 5.32 Å². The van der Waals surface area contributed by atoms with Gasteiger partial charge in [-0.3, -0.25) is 9.59 Å². The summed E-state index contributed by atoms with van der Waals surface area (Å²) in [6.07, 6.45) is 5.29. The minimum Gasteiger partial charge on any atom is -0.353 e. The van der Waals surface area contributed by atoms with Crippen molar-refractivity contribution in [2.75, 3.05) is 13.1 Å². The highest BCUT2D eigenvalue weighted by Gasteiger charge is 2.30. The Morgan fingerprint density at radius 1 is 1.22 bits per heavy atom. The van der Waals surface area contributed by atoms with Crippen molar-refractivity contribution in [3.05, 3.63) is 0 Å². The second-order valence-electron chi connectivity index (χ2n) is 5.93. The Balaban J connectivity index is 1.83. The number of hydrogen-bond acceptors (Lipinski definition) is 2. The molecule has 4 nitrogen and oxygen atoms in total. The Kier molecular flexibility index (Phi) is 4.25. The molecule has 1 aliphatic heterocycles. The van der Waals surface area contributed by atoms with Crippen molar-refractivity contribution in [3.63, 3.8) is 0 Å². The number of carbonyl (C=O) groups is 2. The van der Waals surface area contributed by atoms with E-state index < -0.39 is 0 Å². The first-order valence-corrected chi connectivity index (χ1v) is 7.12. The summed E-state index contributed by atoms with van der Waals surface area (Å²) in [4.78, 5) is 25.3. The first-order valence-electron chi connectivity index (χ1n) is 7.12. The van der Waals surface area contributed by atoms with Crippen LogP contribution in [0.3, 0.4) is 0 Å². The molecule has 4 heteroatoms. The smallest absolute Gasteiger partial charge is 0.225 e. The van der Waals surface area contributed by atoms with Crippen molar-refractivity contribution in [2.45, 2.75) is 52.0 Å². The SMILES string of the molecule is CC(=O)N1CCCC(C(=O)NC2CCC(C)C2)C1. The normalized spacial score (nSPS) is 32.3. The molecule has 1 heterocycles. The van der Waals surface area contributed by atoms with Crippen LogP contribution in [0.4, 0.5) is 0 Å². The zero-order valence-corrected chi connectivity index (χ0v) is 11.4. The number of likely N-dealkylation sites (tertiary alicyclic amines) is 1. The topological polar surface area (TPSA) is 49.4 Å². The molecule has 3 atom stereocenters. The van der Waals surface area contributed by atoms with Crippen LogP contribution in [0.15, 0.2) is 0 Å². The Hall–Kier alpha value is -1.06. The molecule has 18 heavy (non-hydrogen) atoms. The Bertz CT molecular complexity index is 330. The highest BCUT2D eigenvalue weighted by Crippen LogP contribution is 2.25. The second-order valence-corrected chi connectivity index (χ2v) is 5.93. The summed E-state index contributed by atoms with van der Waals surface area (Å²) in [6, 6.07) is 0.361. The second kappa shape index (κ2) is 5.72. The van der Waals surface area contributed by atoms with Gasteiger partial charge in [-0.05, 0) is 38.0 Å². The van der Waals surface area contributed by atoms with E-state index in [1.54, 1.807) is 11.8 Å².